The zero-order valence-electron chi connectivity index (χ0n) is 9.41. The molecule has 98 valence electrons. The Balaban J connectivity index is 2.42. The molecular formula is C13H7BrF3NO. The van der Waals surface area contributed by atoms with Gasteiger partial charge in [-0.25, -0.2) is 4.39 Å². The molecule has 1 heterocycles. The predicted molar refractivity (Wildman–Crippen MR) is 66.6 cm³/mol. The van der Waals surface area contributed by atoms with Crippen LogP contribution >= 0.6 is 15.9 Å². The fourth-order valence-corrected chi connectivity index (χ4v) is 1.73. The van der Waals surface area contributed by atoms with Crippen LogP contribution in [-0.4, -0.2) is 10.8 Å². The van der Waals surface area contributed by atoms with Gasteiger partial charge in [-0.15, -0.1) is 0 Å². The maximum Gasteiger partial charge on any atom is 0.351 e. The Kier molecular flexibility index (Phi) is 3.71. The van der Waals surface area contributed by atoms with Crippen molar-refractivity contribution >= 4 is 21.7 Å². The molecule has 0 spiro atoms. The summed E-state index contributed by atoms with van der Waals surface area (Å²) in [5.74, 6) is -6.46. The van der Waals surface area contributed by atoms with Crippen LogP contribution in [0.1, 0.15) is 16.1 Å². The normalized spacial score (nSPS) is 11.4. The Bertz CT molecular complexity index is 614. The first-order valence-electron chi connectivity index (χ1n) is 5.22. The van der Waals surface area contributed by atoms with Crippen molar-refractivity contribution in [3.63, 3.8) is 0 Å². The van der Waals surface area contributed by atoms with Gasteiger partial charge in [-0.05, 0) is 40.2 Å². The lowest BCUT2D eigenvalue weighted by Gasteiger charge is -2.14. The van der Waals surface area contributed by atoms with Crippen LogP contribution < -0.4 is 0 Å². The number of ketones is 1. The molecule has 6 heteroatoms. The van der Waals surface area contributed by atoms with Gasteiger partial charge >= 0.3 is 5.92 Å². The summed E-state index contributed by atoms with van der Waals surface area (Å²) in [6.45, 7) is 0. The van der Waals surface area contributed by atoms with E-state index >= 15 is 0 Å². The number of halogens is 4. The number of alkyl halides is 2. The van der Waals surface area contributed by atoms with Crippen molar-refractivity contribution in [1.29, 1.82) is 0 Å². The average molecular weight is 330 g/mol. The van der Waals surface area contributed by atoms with Crippen LogP contribution in [0.4, 0.5) is 13.2 Å². The van der Waals surface area contributed by atoms with Crippen molar-refractivity contribution in [3.8, 4) is 0 Å². The zero-order valence-corrected chi connectivity index (χ0v) is 11.0. The van der Waals surface area contributed by atoms with E-state index in [0.29, 0.717) is 4.47 Å². The number of carbonyl (C=O) groups is 1. The van der Waals surface area contributed by atoms with Crippen LogP contribution in [0, 0.1) is 5.82 Å². The van der Waals surface area contributed by atoms with E-state index in [0.717, 1.165) is 24.4 Å². The van der Waals surface area contributed by atoms with Crippen LogP contribution in [0.25, 0.3) is 0 Å². The smallest absolute Gasteiger partial charge is 0.287 e. The van der Waals surface area contributed by atoms with Crippen LogP contribution in [0.3, 0.4) is 0 Å². The molecule has 19 heavy (non-hydrogen) atoms. The fraction of sp³-hybridized carbons (Fsp3) is 0.0769. The summed E-state index contributed by atoms with van der Waals surface area (Å²) in [4.78, 5) is 15.2. The molecule has 2 nitrogen and oxygen atoms in total. The number of aromatic nitrogens is 1. The minimum Gasteiger partial charge on any atom is -0.287 e. The third-order valence-corrected chi connectivity index (χ3v) is 2.92. The third kappa shape index (κ3) is 2.68. The summed E-state index contributed by atoms with van der Waals surface area (Å²) in [5.41, 5.74) is -1.37. The fourth-order valence-electron chi connectivity index (χ4n) is 1.49. The van der Waals surface area contributed by atoms with E-state index < -0.39 is 28.8 Å². The summed E-state index contributed by atoms with van der Waals surface area (Å²) < 4.78 is 41.8. The molecule has 1 aromatic heterocycles. The number of benzene rings is 1. The third-order valence-electron chi connectivity index (χ3n) is 2.45. The molecule has 0 amide bonds. The van der Waals surface area contributed by atoms with E-state index in [1.54, 1.807) is 0 Å². The van der Waals surface area contributed by atoms with Gasteiger partial charge in [0.15, 0.2) is 0 Å². The number of Topliss-reactive ketones (excluding diaryl/α,β-unsaturated/α-hetero) is 1. The molecule has 0 N–H and O–H groups in total. The summed E-state index contributed by atoms with van der Waals surface area (Å²) in [6.07, 6.45) is 1.15. The number of nitrogens with zero attached hydrogens (tertiary/aromatic N) is 1. The van der Waals surface area contributed by atoms with Gasteiger partial charge in [0.2, 0.25) is 5.78 Å². The second-order valence-electron chi connectivity index (χ2n) is 3.75. The summed E-state index contributed by atoms with van der Waals surface area (Å²) in [5, 5.41) is 0. The first-order valence-corrected chi connectivity index (χ1v) is 6.01. The van der Waals surface area contributed by atoms with Gasteiger partial charge in [0.1, 0.15) is 11.5 Å². The van der Waals surface area contributed by atoms with Crippen molar-refractivity contribution in [1.82, 2.24) is 4.98 Å². The highest BCUT2D eigenvalue weighted by Gasteiger charge is 2.43. The van der Waals surface area contributed by atoms with E-state index in [4.69, 9.17) is 0 Å². The van der Waals surface area contributed by atoms with Crippen molar-refractivity contribution in [2.24, 2.45) is 0 Å². The van der Waals surface area contributed by atoms with Crippen molar-refractivity contribution in [2.45, 2.75) is 5.92 Å². The van der Waals surface area contributed by atoms with Gasteiger partial charge < -0.3 is 0 Å². The second kappa shape index (κ2) is 5.13. The van der Waals surface area contributed by atoms with Crippen LogP contribution in [-0.2, 0) is 5.92 Å². The largest absolute Gasteiger partial charge is 0.351 e. The Hall–Kier alpha value is -1.69. The lowest BCUT2D eigenvalue weighted by atomic mass is 10.0. The molecular weight excluding hydrogens is 323 g/mol. The molecule has 0 aliphatic heterocycles. The van der Waals surface area contributed by atoms with Gasteiger partial charge in [-0.2, -0.15) is 8.78 Å². The molecule has 0 atom stereocenters. The van der Waals surface area contributed by atoms with Gasteiger partial charge in [0, 0.05) is 10.7 Å². The Morgan fingerprint density at radius 1 is 1.16 bits per heavy atom. The summed E-state index contributed by atoms with van der Waals surface area (Å²) in [7, 11) is 0. The highest BCUT2D eigenvalue weighted by atomic mass is 79.9. The zero-order chi connectivity index (χ0) is 14.0. The lowest BCUT2D eigenvalue weighted by Crippen LogP contribution is -2.28. The first-order chi connectivity index (χ1) is 8.93. The quantitative estimate of drug-likeness (QED) is 0.798. The number of carbonyl (C=O) groups excluding carboxylic acids is 1. The van der Waals surface area contributed by atoms with Gasteiger partial charge in [-0.1, -0.05) is 12.1 Å². The Morgan fingerprint density at radius 2 is 1.84 bits per heavy atom. The molecule has 0 unspecified atom stereocenters. The number of hydrogen-bond donors (Lipinski definition) is 0. The van der Waals surface area contributed by atoms with Gasteiger partial charge in [0.25, 0.3) is 0 Å². The number of hydrogen-bond acceptors (Lipinski definition) is 2. The Morgan fingerprint density at radius 3 is 2.42 bits per heavy atom. The highest BCUT2D eigenvalue weighted by molar-refractivity contribution is 9.10. The average Bonchev–Trinajstić information content (AvgIpc) is 2.39. The van der Waals surface area contributed by atoms with E-state index in [1.807, 2.05) is 0 Å². The monoisotopic (exact) mass is 329 g/mol. The van der Waals surface area contributed by atoms with Gasteiger partial charge in [0.05, 0.1) is 5.56 Å². The number of rotatable bonds is 3. The maximum absolute atomic E-state index is 14.0. The molecule has 0 saturated carbocycles. The van der Waals surface area contributed by atoms with Gasteiger partial charge in [-0.3, -0.25) is 9.78 Å². The molecule has 2 aromatic rings. The summed E-state index contributed by atoms with van der Waals surface area (Å²) >= 11 is 3.05. The minimum atomic E-state index is -3.87. The van der Waals surface area contributed by atoms with Crippen LogP contribution in [0.5, 0.6) is 0 Å². The van der Waals surface area contributed by atoms with E-state index in [-0.39, 0.29) is 0 Å². The number of pyridine rings is 1. The molecule has 0 fully saturated rings. The van der Waals surface area contributed by atoms with Crippen LogP contribution in [0.15, 0.2) is 47.1 Å². The topological polar surface area (TPSA) is 30.0 Å². The maximum atomic E-state index is 14.0. The van der Waals surface area contributed by atoms with Crippen molar-refractivity contribution in [3.05, 3.63) is 64.1 Å². The molecule has 0 aliphatic rings. The second-order valence-corrected chi connectivity index (χ2v) is 4.66. The minimum absolute atomic E-state index is 0.505. The lowest BCUT2D eigenvalue weighted by molar-refractivity contribution is 0.00426. The van der Waals surface area contributed by atoms with Crippen molar-refractivity contribution < 1.29 is 18.0 Å². The first kappa shape index (κ1) is 13.7. The molecule has 0 bridgehead atoms. The van der Waals surface area contributed by atoms with E-state index in [9.17, 15) is 18.0 Å². The van der Waals surface area contributed by atoms with E-state index in [1.165, 1.54) is 18.2 Å². The van der Waals surface area contributed by atoms with Crippen LogP contribution in [0.2, 0.25) is 0 Å². The summed E-state index contributed by atoms with van der Waals surface area (Å²) in [6, 6.07) is 6.97. The molecule has 2 rings (SSSR count). The molecule has 0 radical (unpaired) electrons. The molecule has 0 aliphatic carbocycles. The molecule has 1 aromatic carbocycles. The highest BCUT2D eigenvalue weighted by Crippen LogP contribution is 2.31. The standard InChI is InChI=1S/C13H7BrF3NO/c14-8-5-6-11(18-7-8)13(16,17)12(19)9-3-1-2-4-10(9)15/h1-7H. The van der Waals surface area contributed by atoms with E-state index in [2.05, 4.69) is 20.9 Å². The predicted octanol–water partition coefficient (Wildman–Crippen LogP) is 3.96. The Labute approximate surface area is 115 Å². The van der Waals surface area contributed by atoms with Crippen molar-refractivity contribution in [2.75, 3.05) is 0 Å². The molecule has 0 saturated heterocycles. The SMILES string of the molecule is O=C(c1ccccc1F)C(F)(F)c1ccc(Br)cn1.